The minimum absolute atomic E-state index is 0. The van der Waals surface area contributed by atoms with Gasteiger partial charge in [0.15, 0.2) is 5.25 Å². The third kappa shape index (κ3) is 13.6. The van der Waals surface area contributed by atoms with Crippen LogP contribution in [0.25, 0.3) is 0 Å². The van der Waals surface area contributed by atoms with Gasteiger partial charge >= 0.3 is 63.3 Å². The number of hydrogen-bond acceptors (Lipinski definition) is 7. The molecular weight excluding hydrogens is 387 g/mol. The van der Waals surface area contributed by atoms with Crippen LogP contribution in [0.4, 0.5) is 0 Å². The van der Waals surface area contributed by atoms with Gasteiger partial charge in [0.1, 0.15) is 0 Å². The van der Waals surface area contributed by atoms with Crippen molar-refractivity contribution in [3.8, 4) is 0 Å². The number of hydrogen-bond donors (Lipinski definition) is 0. The van der Waals surface area contributed by atoms with Gasteiger partial charge in [-0.1, -0.05) is 46.5 Å². The van der Waals surface area contributed by atoms with E-state index >= 15 is 0 Å². The first kappa shape index (κ1) is 28.7. The summed E-state index contributed by atoms with van der Waals surface area (Å²) in [6.45, 7) is 5.95. The zero-order valence-corrected chi connectivity index (χ0v) is 16.4. The van der Waals surface area contributed by atoms with Gasteiger partial charge in [-0.3, -0.25) is 13.8 Å². The summed E-state index contributed by atoms with van der Waals surface area (Å²) in [6.07, 6.45) is 5.18. The number of esters is 2. The normalized spacial score (nSPS) is 12.1. The molecule has 0 aromatic carbocycles. The summed E-state index contributed by atoms with van der Waals surface area (Å²) in [5, 5.41) is -1.68. The summed E-state index contributed by atoms with van der Waals surface area (Å²) >= 11 is 0. The van der Waals surface area contributed by atoms with E-state index < -0.39 is 33.7 Å². The quantitative estimate of drug-likeness (QED) is 0.174. The summed E-state index contributed by atoms with van der Waals surface area (Å²) in [7, 11) is -4.24. The first-order valence-electron chi connectivity index (χ1n) is 9.09. The van der Waals surface area contributed by atoms with E-state index in [1.165, 1.54) is 0 Å². The van der Waals surface area contributed by atoms with Gasteiger partial charge < -0.3 is 9.47 Å². The van der Waals surface area contributed by atoms with Crippen molar-refractivity contribution in [2.24, 2.45) is 0 Å². The first-order valence-corrected chi connectivity index (χ1v) is 10.6. The molecule has 0 fully saturated rings. The molecule has 0 radical (unpaired) electrons. The van der Waals surface area contributed by atoms with Crippen molar-refractivity contribution in [3.05, 3.63) is 0 Å². The van der Waals surface area contributed by atoms with E-state index in [1.54, 1.807) is 6.92 Å². The van der Waals surface area contributed by atoms with Crippen LogP contribution in [0, 0.1) is 0 Å². The number of carbonyl (C=O) groups excluding carboxylic acids is 2. The number of carbonyl (C=O) groups is 2. The molecule has 0 aromatic rings. The predicted octanol–water partition coefficient (Wildman–Crippen LogP) is 2.32. The Hall–Kier alpha value is 0.486. The van der Waals surface area contributed by atoms with Crippen molar-refractivity contribution in [2.45, 2.75) is 77.4 Å². The van der Waals surface area contributed by atoms with Crippen molar-refractivity contribution in [3.63, 3.8) is 0 Å². The molecule has 0 amide bonds. The summed E-state index contributed by atoms with van der Waals surface area (Å²) in [5.41, 5.74) is 0. The molecule has 26 heavy (non-hydrogen) atoms. The van der Waals surface area contributed by atoms with Crippen molar-refractivity contribution in [1.29, 1.82) is 0 Å². The first-order chi connectivity index (χ1) is 11.9. The fourth-order valence-corrected chi connectivity index (χ4v) is 3.15. The van der Waals surface area contributed by atoms with Crippen LogP contribution < -0.4 is 0 Å². The van der Waals surface area contributed by atoms with Crippen molar-refractivity contribution >= 4 is 73.4 Å². The maximum atomic E-state index is 12.3. The van der Waals surface area contributed by atoms with E-state index in [0.717, 1.165) is 25.7 Å². The van der Waals surface area contributed by atoms with Gasteiger partial charge in [0.25, 0.3) is 10.1 Å². The summed E-state index contributed by atoms with van der Waals surface area (Å²) in [6, 6.07) is 0. The molecule has 0 aliphatic heterocycles. The van der Waals surface area contributed by atoms with Gasteiger partial charge in [-0.05, 0) is 19.3 Å². The van der Waals surface area contributed by atoms with Crippen LogP contribution in [0.1, 0.15) is 72.1 Å². The molecule has 0 aliphatic carbocycles. The molecule has 1 atom stereocenters. The molecular formula is C17H33KO7S. The standard InChI is InChI=1S/C17H32O7S.K.H/c1-4-7-8-9-10-13-24-25(20,21)15(17(19)23-12-6-3)14-16(18)22-11-5-2;;/h15H,4-14H2,1-3H3;;. The Balaban J connectivity index is 0. The Bertz CT molecular complexity index is 480. The van der Waals surface area contributed by atoms with E-state index in [2.05, 4.69) is 6.92 Å². The minimum atomic E-state index is -4.24. The zero-order chi connectivity index (χ0) is 19.1. The average Bonchev–Trinajstić information content (AvgIpc) is 2.58. The zero-order valence-electron chi connectivity index (χ0n) is 15.6. The van der Waals surface area contributed by atoms with Crippen LogP contribution >= 0.6 is 0 Å². The van der Waals surface area contributed by atoms with Crippen LogP contribution in [-0.2, 0) is 33.4 Å². The second kappa shape index (κ2) is 17.6. The number of unbranched alkanes of at least 4 members (excludes halogenated alkanes) is 4. The van der Waals surface area contributed by atoms with E-state index in [0.29, 0.717) is 19.3 Å². The average molecular weight is 421 g/mol. The Morgan fingerprint density at radius 1 is 0.808 bits per heavy atom. The molecule has 150 valence electrons. The molecule has 7 nitrogen and oxygen atoms in total. The van der Waals surface area contributed by atoms with Crippen molar-refractivity contribution < 1.29 is 31.7 Å². The van der Waals surface area contributed by atoms with Crippen molar-refractivity contribution in [2.75, 3.05) is 19.8 Å². The van der Waals surface area contributed by atoms with Gasteiger partial charge in [0.05, 0.1) is 26.2 Å². The second-order valence-corrected chi connectivity index (χ2v) is 7.60. The summed E-state index contributed by atoms with van der Waals surface area (Å²) in [4.78, 5) is 23.8. The van der Waals surface area contributed by atoms with Gasteiger partial charge in [0, 0.05) is 0 Å². The van der Waals surface area contributed by atoms with Crippen molar-refractivity contribution in [1.82, 2.24) is 0 Å². The fraction of sp³-hybridized carbons (Fsp3) is 0.882. The Morgan fingerprint density at radius 3 is 1.96 bits per heavy atom. The fourth-order valence-electron chi connectivity index (χ4n) is 1.99. The number of rotatable bonds is 15. The molecule has 0 aliphatic rings. The molecule has 0 aromatic heterocycles. The Labute approximate surface area is 200 Å². The molecule has 0 N–H and O–H groups in total. The summed E-state index contributed by atoms with van der Waals surface area (Å²) < 4.78 is 39.3. The van der Waals surface area contributed by atoms with Crippen LogP contribution in [-0.4, -0.2) is 96.8 Å². The van der Waals surface area contributed by atoms with Gasteiger partial charge in [-0.25, -0.2) is 0 Å². The molecule has 0 bridgehead atoms. The Morgan fingerprint density at radius 2 is 1.38 bits per heavy atom. The van der Waals surface area contributed by atoms with Crippen LogP contribution in [0.2, 0.25) is 0 Å². The summed E-state index contributed by atoms with van der Waals surface area (Å²) in [5.74, 6) is -1.73. The van der Waals surface area contributed by atoms with E-state index in [9.17, 15) is 18.0 Å². The molecule has 1 unspecified atom stereocenters. The topological polar surface area (TPSA) is 96.0 Å². The monoisotopic (exact) mass is 420 g/mol. The van der Waals surface area contributed by atoms with Crippen LogP contribution in [0.5, 0.6) is 0 Å². The van der Waals surface area contributed by atoms with E-state index in [4.69, 9.17) is 13.7 Å². The predicted molar refractivity (Wildman–Crippen MR) is 102 cm³/mol. The molecule has 9 heteroatoms. The SMILES string of the molecule is CCCCCCCOS(=O)(=O)C(CC(=O)OCCC)C(=O)OCCC.[KH]. The molecule has 0 rings (SSSR count). The second-order valence-electron chi connectivity index (χ2n) is 5.81. The molecule has 0 saturated carbocycles. The van der Waals surface area contributed by atoms with Crippen LogP contribution in [0.15, 0.2) is 0 Å². The number of ether oxygens (including phenoxy) is 2. The third-order valence-corrected chi connectivity index (χ3v) is 4.93. The van der Waals surface area contributed by atoms with Gasteiger partial charge in [0.2, 0.25) is 0 Å². The van der Waals surface area contributed by atoms with Gasteiger partial charge in [-0.2, -0.15) is 8.42 Å². The molecule has 0 saturated heterocycles. The Kier molecular flexibility index (Phi) is 19.4. The van der Waals surface area contributed by atoms with Gasteiger partial charge in [-0.15, -0.1) is 0 Å². The van der Waals surface area contributed by atoms with E-state index in [1.807, 2.05) is 6.92 Å². The molecule has 0 heterocycles. The third-order valence-electron chi connectivity index (χ3n) is 3.37. The maximum absolute atomic E-state index is 12.3. The van der Waals surface area contributed by atoms with E-state index in [-0.39, 0.29) is 71.2 Å². The molecule has 0 spiro atoms. The van der Waals surface area contributed by atoms with Crippen LogP contribution in [0.3, 0.4) is 0 Å².